The second kappa shape index (κ2) is 12.1. The molecule has 1 fully saturated rings. The number of carbonyl (C=O) groups is 1. The van der Waals surface area contributed by atoms with Crippen molar-refractivity contribution in [2.45, 2.75) is 77.7 Å². The number of oxime groups is 1. The number of nitrogens with zero attached hydrogens (tertiary/aromatic N) is 1. The second-order valence-electron chi connectivity index (χ2n) is 9.05. The molecule has 2 aromatic carbocycles. The normalized spacial score (nSPS) is 16.1. The monoisotopic (exact) mass is 491 g/mol. The van der Waals surface area contributed by atoms with Gasteiger partial charge in [-0.05, 0) is 72.7 Å². The Morgan fingerprint density at radius 3 is 2.37 bits per heavy atom. The Hall–Kier alpha value is -3.03. The SMILES string of the molecule is CCC(Oc1ccc(C(CC2CCCCC2)=NOCc2ccc(C(F)(F)F)cc2)cc1C)C(=O)O. The first-order chi connectivity index (χ1) is 16.7. The van der Waals surface area contributed by atoms with Gasteiger partial charge in [0.25, 0.3) is 0 Å². The van der Waals surface area contributed by atoms with Crippen molar-refractivity contribution < 1.29 is 32.6 Å². The average molecular weight is 492 g/mol. The van der Waals surface area contributed by atoms with Crippen molar-refractivity contribution in [2.24, 2.45) is 11.1 Å². The number of alkyl halides is 3. The third kappa shape index (κ3) is 7.73. The highest BCUT2D eigenvalue weighted by molar-refractivity contribution is 6.00. The number of benzene rings is 2. The van der Waals surface area contributed by atoms with E-state index in [0.717, 1.165) is 48.2 Å². The lowest BCUT2D eigenvalue weighted by Crippen LogP contribution is -2.26. The van der Waals surface area contributed by atoms with E-state index >= 15 is 0 Å². The molecule has 0 aromatic heterocycles. The molecule has 35 heavy (non-hydrogen) atoms. The Morgan fingerprint density at radius 2 is 1.80 bits per heavy atom. The number of hydrogen-bond donors (Lipinski definition) is 1. The molecule has 1 N–H and O–H groups in total. The molecule has 1 atom stereocenters. The first kappa shape index (κ1) is 26.6. The summed E-state index contributed by atoms with van der Waals surface area (Å²) in [6.07, 6.45) is 1.64. The van der Waals surface area contributed by atoms with Crippen molar-refractivity contribution in [3.05, 3.63) is 64.7 Å². The number of carboxylic acid groups (broad SMARTS) is 1. The highest BCUT2D eigenvalue weighted by Gasteiger charge is 2.30. The van der Waals surface area contributed by atoms with E-state index in [4.69, 9.17) is 9.57 Å². The summed E-state index contributed by atoms with van der Waals surface area (Å²) in [5.41, 5.74) is 2.31. The van der Waals surface area contributed by atoms with Gasteiger partial charge in [-0.25, -0.2) is 4.79 Å². The molecule has 0 bridgehead atoms. The van der Waals surface area contributed by atoms with Crippen LogP contribution in [0.25, 0.3) is 0 Å². The van der Waals surface area contributed by atoms with Gasteiger partial charge in [-0.15, -0.1) is 0 Å². The van der Waals surface area contributed by atoms with Crippen LogP contribution in [0.15, 0.2) is 47.6 Å². The first-order valence-corrected chi connectivity index (χ1v) is 12.0. The minimum Gasteiger partial charge on any atom is -0.479 e. The molecular weight excluding hydrogens is 459 g/mol. The minimum atomic E-state index is -4.37. The molecule has 0 saturated heterocycles. The molecule has 190 valence electrons. The molecule has 5 nitrogen and oxygen atoms in total. The van der Waals surface area contributed by atoms with Crippen LogP contribution in [0.3, 0.4) is 0 Å². The van der Waals surface area contributed by atoms with E-state index in [2.05, 4.69) is 5.16 Å². The van der Waals surface area contributed by atoms with Crippen LogP contribution in [0.5, 0.6) is 5.75 Å². The Balaban J connectivity index is 1.76. The van der Waals surface area contributed by atoms with Gasteiger partial charge in [0.15, 0.2) is 6.10 Å². The minimum absolute atomic E-state index is 0.0588. The molecule has 0 radical (unpaired) electrons. The van der Waals surface area contributed by atoms with Crippen LogP contribution in [0.4, 0.5) is 13.2 Å². The zero-order valence-electron chi connectivity index (χ0n) is 20.1. The summed E-state index contributed by atoms with van der Waals surface area (Å²) in [7, 11) is 0. The van der Waals surface area contributed by atoms with Crippen molar-refractivity contribution in [3.63, 3.8) is 0 Å². The van der Waals surface area contributed by atoms with Gasteiger partial charge in [-0.3, -0.25) is 0 Å². The average Bonchev–Trinajstić information content (AvgIpc) is 2.83. The number of halogens is 3. The van der Waals surface area contributed by atoms with Crippen molar-refractivity contribution in [1.82, 2.24) is 0 Å². The maximum absolute atomic E-state index is 12.8. The van der Waals surface area contributed by atoms with Crippen molar-refractivity contribution >= 4 is 11.7 Å². The summed E-state index contributed by atoms with van der Waals surface area (Å²) < 4.78 is 44.0. The Morgan fingerprint density at radius 1 is 1.11 bits per heavy atom. The number of aliphatic carboxylic acids is 1. The van der Waals surface area contributed by atoms with E-state index in [0.29, 0.717) is 23.7 Å². The first-order valence-electron chi connectivity index (χ1n) is 12.0. The lowest BCUT2D eigenvalue weighted by molar-refractivity contribution is -0.145. The molecule has 0 spiro atoms. The highest BCUT2D eigenvalue weighted by Crippen LogP contribution is 2.30. The summed E-state index contributed by atoms with van der Waals surface area (Å²) >= 11 is 0. The number of rotatable bonds is 10. The van der Waals surface area contributed by atoms with Crippen LogP contribution in [-0.4, -0.2) is 22.9 Å². The number of ether oxygens (including phenoxy) is 1. The second-order valence-corrected chi connectivity index (χ2v) is 9.05. The molecule has 0 amide bonds. The quantitative estimate of drug-likeness (QED) is 0.283. The molecular formula is C27H32F3NO4. The Labute approximate surface area is 203 Å². The van der Waals surface area contributed by atoms with E-state index in [1.807, 2.05) is 19.1 Å². The maximum Gasteiger partial charge on any atom is 0.416 e. The van der Waals surface area contributed by atoms with Crippen molar-refractivity contribution in [1.29, 1.82) is 0 Å². The fraction of sp³-hybridized carbons (Fsp3) is 0.481. The van der Waals surface area contributed by atoms with Gasteiger partial charge in [-0.1, -0.05) is 56.3 Å². The van der Waals surface area contributed by atoms with Crippen molar-refractivity contribution in [2.75, 3.05) is 0 Å². The zero-order valence-corrected chi connectivity index (χ0v) is 20.1. The van der Waals surface area contributed by atoms with Gasteiger partial charge in [0.05, 0.1) is 11.3 Å². The smallest absolute Gasteiger partial charge is 0.416 e. The number of aryl methyl sites for hydroxylation is 1. The molecule has 2 aromatic rings. The third-order valence-corrected chi connectivity index (χ3v) is 6.32. The van der Waals surface area contributed by atoms with Gasteiger partial charge >= 0.3 is 12.1 Å². The molecule has 0 aliphatic heterocycles. The van der Waals surface area contributed by atoms with Crippen LogP contribution in [-0.2, 0) is 22.4 Å². The van der Waals surface area contributed by atoms with Crippen molar-refractivity contribution in [3.8, 4) is 5.75 Å². The van der Waals surface area contributed by atoms with E-state index in [1.165, 1.54) is 31.4 Å². The van der Waals surface area contributed by atoms with Crippen LogP contribution < -0.4 is 4.74 Å². The zero-order chi connectivity index (χ0) is 25.4. The van der Waals surface area contributed by atoms with E-state index in [-0.39, 0.29) is 6.61 Å². The Kier molecular flexibility index (Phi) is 9.18. The van der Waals surface area contributed by atoms with Gasteiger partial charge in [0.1, 0.15) is 12.4 Å². The summed E-state index contributed by atoms with van der Waals surface area (Å²) in [5.74, 6) is -0.0113. The summed E-state index contributed by atoms with van der Waals surface area (Å²) in [5, 5.41) is 13.7. The molecule has 3 rings (SSSR count). The van der Waals surface area contributed by atoms with Crippen LogP contribution in [0.2, 0.25) is 0 Å². The predicted octanol–water partition coefficient (Wildman–Crippen LogP) is 7.15. The van der Waals surface area contributed by atoms with E-state index in [1.54, 1.807) is 13.0 Å². The third-order valence-electron chi connectivity index (χ3n) is 6.32. The van der Waals surface area contributed by atoms with Gasteiger partial charge in [0.2, 0.25) is 0 Å². The predicted molar refractivity (Wildman–Crippen MR) is 127 cm³/mol. The fourth-order valence-corrected chi connectivity index (χ4v) is 4.27. The van der Waals surface area contributed by atoms with E-state index in [9.17, 15) is 23.1 Å². The highest BCUT2D eigenvalue weighted by atomic mass is 19.4. The summed E-state index contributed by atoms with van der Waals surface area (Å²) in [6.45, 7) is 3.67. The lowest BCUT2D eigenvalue weighted by atomic mass is 9.84. The van der Waals surface area contributed by atoms with Gasteiger partial charge in [-0.2, -0.15) is 13.2 Å². The lowest BCUT2D eigenvalue weighted by Gasteiger charge is -2.22. The summed E-state index contributed by atoms with van der Waals surface area (Å²) in [6, 6.07) is 10.4. The Bertz CT molecular complexity index is 1010. The maximum atomic E-state index is 12.8. The molecule has 8 heteroatoms. The van der Waals surface area contributed by atoms with E-state index < -0.39 is 23.8 Å². The molecule has 1 unspecified atom stereocenters. The molecule has 0 heterocycles. The van der Waals surface area contributed by atoms with Crippen LogP contribution in [0.1, 0.15) is 74.1 Å². The standard InChI is InChI=1S/C27H32F3NO4/c1-3-24(26(32)33)35-25-14-11-21(15-18(25)2)23(16-19-7-5-4-6-8-19)31-34-17-20-9-12-22(13-10-20)27(28,29)30/h9-15,19,24H,3-8,16-17H2,1-2H3,(H,32,33). The summed E-state index contributed by atoms with van der Waals surface area (Å²) in [4.78, 5) is 16.9. The largest absolute Gasteiger partial charge is 0.479 e. The van der Waals surface area contributed by atoms with Gasteiger partial charge in [0, 0.05) is 0 Å². The topological polar surface area (TPSA) is 68.1 Å². The molecule has 1 aliphatic carbocycles. The number of carboxylic acids is 1. The molecule has 1 saturated carbocycles. The van der Waals surface area contributed by atoms with Crippen LogP contribution >= 0.6 is 0 Å². The number of hydrogen-bond acceptors (Lipinski definition) is 4. The van der Waals surface area contributed by atoms with Gasteiger partial charge < -0.3 is 14.7 Å². The van der Waals surface area contributed by atoms with Crippen LogP contribution in [0, 0.1) is 12.8 Å². The molecule has 1 aliphatic rings. The fourth-order valence-electron chi connectivity index (χ4n) is 4.27.